The number of ketones is 1. The van der Waals surface area contributed by atoms with Gasteiger partial charge in [-0.25, -0.2) is 0 Å². The number of carbonyl (C=O) groups excluding carboxylic acids is 2. The average molecular weight is 191 g/mol. The van der Waals surface area contributed by atoms with E-state index in [0.29, 0.717) is 17.7 Å². The molecule has 0 bridgehead atoms. The SMILES string of the molecule is CC(=O)c1ccc2c(c1)ONC(=O)C2. The van der Waals surface area contributed by atoms with E-state index in [2.05, 4.69) is 5.48 Å². The summed E-state index contributed by atoms with van der Waals surface area (Å²) in [5.74, 6) is 0.360. The Morgan fingerprint density at radius 3 is 3.00 bits per heavy atom. The van der Waals surface area contributed by atoms with Gasteiger partial charge in [-0.2, -0.15) is 5.48 Å². The minimum absolute atomic E-state index is 0.0201. The van der Waals surface area contributed by atoms with Crippen molar-refractivity contribution in [2.75, 3.05) is 0 Å². The van der Waals surface area contributed by atoms with E-state index in [1.807, 2.05) is 0 Å². The fourth-order valence-electron chi connectivity index (χ4n) is 1.34. The highest BCUT2D eigenvalue weighted by Gasteiger charge is 2.17. The predicted octanol–water partition coefficient (Wildman–Crippen LogP) is 0.855. The van der Waals surface area contributed by atoms with Crippen LogP contribution in [0.3, 0.4) is 0 Å². The normalized spacial score (nSPS) is 13.9. The Morgan fingerprint density at radius 2 is 2.29 bits per heavy atom. The van der Waals surface area contributed by atoms with Gasteiger partial charge in [0.1, 0.15) is 0 Å². The highest BCUT2D eigenvalue weighted by atomic mass is 16.7. The van der Waals surface area contributed by atoms with Gasteiger partial charge in [0.15, 0.2) is 11.5 Å². The zero-order chi connectivity index (χ0) is 10.1. The van der Waals surface area contributed by atoms with Crippen LogP contribution in [0.1, 0.15) is 22.8 Å². The summed E-state index contributed by atoms with van der Waals surface area (Å²) in [5, 5.41) is 0. The van der Waals surface area contributed by atoms with Gasteiger partial charge >= 0.3 is 0 Å². The molecule has 0 aromatic heterocycles. The van der Waals surface area contributed by atoms with Crippen molar-refractivity contribution in [3.8, 4) is 5.75 Å². The van der Waals surface area contributed by atoms with Crippen LogP contribution >= 0.6 is 0 Å². The molecule has 0 saturated carbocycles. The van der Waals surface area contributed by atoms with Crippen LogP contribution in [-0.2, 0) is 11.2 Å². The summed E-state index contributed by atoms with van der Waals surface area (Å²) in [5.41, 5.74) is 3.64. The summed E-state index contributed by atoms with van der Waals surface area (Å²) >= 11 is 0. The maximum atomic E-state index is 11.1. The van der Waals surface area contributed by atoms with E-state index < -0.39 is 0 Å². The maximum absolute atomic E-state index is 11.1. The number of rotatable bonds is 1. The third-order valence-electron chi connectivity index (χ3n) is 2.10. The largest absolute Gasteiger partial charge is 0.379 e. The summed E-state index contributed by atoms with van der Waals surface area (Å²) in [6.45, 7) is 1.49. The molecule has 0 aliphatic carbocycles. The lowest BCUT2D eigenvalue weighted by Gasteiger charge is -2.16. The van der Waals surface area contributed by atoms with Crippen LogP contribution in [0.4, 0.5) is 0 Å². The first-order valence-electron chi connectivity index (χ1n) is 4.26. The van der Waals surface area contributed by atoms with Crippen LogP contribution in [0.2, 0.25) is 0 Å². The number of hydroxylamine groups is 1. The zero-order valence-electron chi connectivity index (χ0n) is 7.66. The molecule has 0 unspecified atom stereocenters. The summed E-state index contributed by atoms with van der Waals surface area (Å²) in [6, 6.07) is 5.07. The summed E-state index contributed by atoms with van der Waals surface area (Å²) in [6.07, 6.45) is 0.299. The van der Waals surface area contributed by atoms with Gasteiger partial charge in [-0.3, -0.25) is 9.59 Å². The van der Waals surface area contributed by atoms with Crippen molar-refractivity contribution in [2.45, 2.75) is 13.3 Å². The molecule has 1 aromatic rings. The van der Waals surface area contributed by atoms with Gasteiger partial charge in [-0.1, -0.05) is 12.1 Å². The fraction of sp³-hybridized carbons (Fsp3) is 0.200. The van der Waals surface area contributed by atoms with E-state index in [4.69, 9.17) is 4.84 Å². The van der Waals surface area contributed by atoms with Crippen LogP contribution in [0, 0.1) is 0 Å². The molecule has 4 nitrogen and oxygen atoms in total. The molecule has 0 radical (unpaired) electrons. The van der Waals surface area contributed by atoms with Crippen molar-refractivity contribution < 1.29 is 14.4 Å². The number of Topliss-reactive ketones (excluding diaryl/α,β-unsaturated/α-hetero) is 1. The zero-order valence-corrected chi connectivity index (χ0v) is 7.66. The molecule has 1 aliphatic rings. The van der Waals surface area contributed by atoms with E-state index in [1.54, 1.807) is 18.2 Å². The third kappa shape index (κ3) is 1.46. The first-order chi connectivity index (χ1) is 6.66. The lowest BCUT2D eigenvalue weighted by Crippen LogP contribution is -2.33. The highest BCUT2D eigenvalue weighted by molar-refractivity contribution is 5.94. The number of benzene rings is 1. The van der Waals surface area contributed by atoms with Gasteiger partial charge in [-0.15, -0.1) is 0 Å². The Morgan fingerprint density at radius 1 is 1.50 bits per heavy atom. The summed E-state index contributed by atoms with van der Waals surface area (Å²) < 4.78 is 0. The molecule has 1 aromatic carbocycles. The number of nitrogens with one attached hydrogen (secondary N) is 1. The lowest BCUT2D eigenvalue weighted by molar-refractivity contribution is -0.128. The number of carbonyl (C=O) groups is 2. The summed E-state index contributed by atoms with van der Waals surface area (Å²) in [7, 11) is 0. The Hall–Kier alpha value is -1.84. The van der Waals surface area contributed by atoms with Crippen LogP contribution in [0.25, 0.3) is 0 Å². The monoisotopic (exact) mass is 191 g/mol. The van der Waals surface area contributed by atoms with Gasteiger partial charge in [0, 0.05) is 11.1 Å². The van der Waals surface area contributed by atoms with E-state index in [9.17, 15) is 9.59 Å². The van der Waals surface area contributed by atoms with Crippen molar-refractivity contribution in [1.82, 2.24) is 5.48 Å². The molecule has 1 N–H and O–H groups in total. The molecule has 4 heteroatoms. The van der Waals surface area contributed by atoms with E-state index in [1.165, 1.54) is 6.92 Å². The van der Waals surface area contributed by atoms with Crippen molar-refractivity contribution in [3.05, 3.63) is 29.3 Å². The molecule has 0 atom stereocenters. The van der Waals surface area contributed by atoms with Crippen molar-refractivity contribution >= 4 is 11.7 Å². The molecule has 1 aliphatic heterocycles. The molecular weight excluding hydrogens is 182 g/mol. The number of amides is 1. The number of fused-ring (bicyclic) bond motifs is 1. The Kier molecular flexibility index (Phi) is 1.96. The summed E-state index contributed by atoms with van der Waals surface area (Å²) in [4.78, 5) is 27.0. The third-order valence-corrected chi connectivity index (χ3v) is 2.10. The van der Waals surface area contributed by atoms with Crippen molar-refractivity contribution in [3.63, 3.8) is 0 Å². The molecule has 14 heavy (non-hydrogen) atoms. The fourth-order valence-corrected chi connectivity index (χ4v) is 1.34. The van der Waals surface area contributed by atoms with Crippen molar-refractivity contribution in [2.24, 2.45) is 0 Å². The molecule has 1 amide bonds. The minimum atomic E-state index is -0.173. The number of hydrogen-bond acceptors (Lipinski definition) is 3. The van der Waals surface area contributed by atoms with Crippen LogP contribution < -0.4 is 10.3 Å². The maximum Gasteiger partial charge on any atom is 0.257 e. The second-order valence-corrected chi connectivity index (χ2v) is 3.18. The lowest BCUT2D eigenvalue weighted by atomic mass is 10.0. The topological polar surface area (TPSA) is 55.4 Å². The Bertz CT molecular complexity index is 412. The van der Waals surface area contributed by atoms with Gasteiger partial charge in [0.25, 0.3) is 5.91 Å². The van der Waals surface area contributed by atoms with E-state index >= 15 is 0 Å². The molecule has 72 valence electrons. The highest BCUT2D eigenvalue weighted by Crippen LogP contribution is 2.23. The quantitative estimate of drug-likeness (QED) is 0.669. The second kappa shape index (κ2) is 3.14. The first kappa shape index (κ1) is 8.74. The number of hydrogen-bond donors (Lipinski definition) is 1. The van der Waals surface area contributed by atoms with Gasteiger partial charge in [-0.05, 0) is 13.0 Å². The van der Waals surface area contributed by atoms with Gasteiger partial charge in [0.05, 0.1) is 6.42 Å². The molecule has 0 fully saturated rings. The molecule has 2 rings (SSSR count). The van der Waals surface area contributed by atoms with Crippen LogP contribution in [0.5, 0.6) is 5.75 Å². The predicted molar refractivity (Wildman–Crippen MR) is 48.9 cm³/mol. The molecular formula is C10H9NO3. The van der Waals surface area contributed by atoms with E-state index in [0.717, 1.165) is 5.56 Å². The van der Waals surface area contributed by atoms with Crippen LogP contribution in [0.15, 0.2) is 18.2 Å². The molecule has 0 spiro atoms. The smallest absolute Gasteiger partial charge is 0.257 e. The molecule has 0 saturated heterocycles. The Balaban J connectivity index is 2.41. The van der Waals surface area contributed by atoms with Gasteiger partial charge < -0.3 is 4.84 Å². The van der Waals surface area contributed by atoms with Crippen LogP contribution in [-0.4, -0.2) is 11.7 Å². The van der Waals surface area contributed by atoms with Gasteiger partial charge in [0.2, 0.25) is 0 Å². The molecule has 1 heterocycles. The van der Waals surface area contributed by atoms with E-state index in [-0.39, 0.29) is 11.7 Å². The second-order valence-electron chi connectivity index (χ2n) is 3.18. The standard InChI is InChI=1S/C10H9NO3/c1-6(12)7-2-3-8-5-10(13)11-14-9(8)4-7/h2-4H,5H2,1H3,(H,11,13). The van der Waals surface area contributed by atoms with Crippen molar-refractivity contribution in [1.29, 1.82) is 0 Å². The Labute approximate surface area is 80.8 Å². The average Bonchev–Trinajstić information content (AvgIpc) is 2.16. The minimum Gasteiger partial charge on any atom is -0.379 e. The first-order valence-corrected chi connectivity index (χ1v) is 4.26.